The molecule has 0 aromatic heterocycles. The second-order valence-corrected chi connectivity index (χ2v) is 0.357. The monoisotopic (exact) mass is 152 g/mol. The summed E-state index contributed by atoms with van der Waals surface area (Å²) in [5.74, 6) is 0. The average Bonchev–Trinajstić information content (AvgIpc) is 1.73. The van der Waals surface area contributed by atoms with E-state index in [0.29, 0.717) is 0 Å². The number of carbonyl (C=O) groups is 1. The van der Waals surface area contributed by atoms with E-state index in [0.717, 1.165) is 0 Å². The molecule has 8 heavy (non-hydrogen) atoms. The number of rotatable bonds is 0. The standard InChI is InChI=1S/CH2O4.K.H2O2.H/c2-1(3)5-4;;1-2;/h4H,(H,2,3);;1-2H;. The van der Waals surface area contributed by atoms with E-state index in [-0.39, 0.29) is 51.4 Å². The third-order valence-electron chi connectivity index (χ3n) is 0.0781. The summed E-state index contributed by atoms with van der Waals surface area (Å²) in [5.41, 5.74) is 0. The first kappa shape index (κ1) is 15.9. The fraction of sp³-hybridized carbons (Fsp3) is 0. The molecule has 0 fully saturated rings. The van der Waals surface area contributed by atoms with E-state index in [1.54, 1.807) is 0 Å². The van der Waals surface area contributed by atoms with Crippen molar-refractivity contribution >= 4 is 57.5 Å². The Balaban J connectivity index is -0.0000000750. The van der Waals surface area contributed by atoms with Gasteiger partial charge in [-0.05, 0) is 0 Å². The summed E-state index contributed by atoms with van der Waals surface area (Å²) in [6.07, 6.45) is -1.69. The Kier molecular flexibility index (Phi) is 31.1. The van der Waals surface area contributed by atoms with E-state index < -0.39 is 6.16 Å². The molecule has 0 aromatic rings. The Morgan fingerprint density at radius 2 is 1.50 bits per heavy atom. The predicted octanol–water partition coefficient (Wildman–Crippen LogP) is -0.477. The molecule has 0 rings (SSSR count). The van der Waals surface area contributed by atoms with Crippen LogP contribution in [0.15, 0.2) is 0 Å². The van der Waals surface area contributed by atoms with Gasteiger partial charge in [-0.15, -0.1) is 0 Å². The van der Waals surface area contributed by atoms with Crippen molar-refractivity contribution in [3.63, 3.8) is 0 Å². The first-order chi connectivity index (χ1) is 3.27. The number of carboxylic acid groups (broad SMARTS) is 1. The van der Waals surface area contributed by atoms with Gasteiger partial charge in [0.15, 0.2) is 0 Å². The van der Waals surface area contributed by atoms with Gasteiger partial charge in [-0.25, -0.2) is 4.79 Å². The molecule has 4 N–H and O–H groups in total. The molecule has 0 saturated carbocycles. The van der Waals surface area contributed by atoms with Crippen LogP contribution in [0, 0.1) is 0 Å². The minimum absolute atomic E-state index is 0. The van der Waals surface area contributed by atoms with E-state index in [1.165, 1.54) is 0 Å². The first-order valence-electron chi connectivity index (χ1n) is 1.01. The summed E-state index contributed by atoms with van der Waals surface area (Å²) in [7, 11) is 0. The van der Waals surface area contributed by atoms with Crippen LogP contribution in [0.3, 0.4) is 0 Å². The van der Waals surface area contributed by atoms with Crippen LogP contribution >= 0.6 is 0 Å². The Bertz CT molecular complexity index is 43.8. The third-order valence-corrected chi connectivity index (χ3v) is 0.0781. The topological polar surface area (TPSA) is 107 Å². The maximum absolute atomic E-state index is 8.90. The Hall–Kier alpha value is 0.786. The molecule has 0 spiro atoms. The van der Waals surface area contributed by atoms with Gasteiger partial charge in [0.05, 0.1) is 0 Å². The summed E-state index contributed by atoms with van der Waals surface area (Å²) >= 11 is 0. The molecule has 7 heteroatoms. The molecule has 46 valence electrons. The average molecular weight is 152 g/mol. The molecule has 0 aliphatic carbocycles. The van der Waals surface area contributed by atoms with Gasteiger partial charge in [0.1, 0.15) is 0 Å². The van der Waals surface area contributed by atoms with Gasteiger partial charge in [-0.1, -0.05) is 0 Å². The molecule has 0 radical (unpaired) electrons. The van der Waals surface area contributed by atoms with Crippen molar-refractivity contribution in [2.45, 2.75) is 0 Å². The van der Waals surface area contributed by atoms with Gasteiger partial charge in [0, 0.05) is 0 Å². The Morgan fingerprint density at radius 1 is 1.38 bits per heavy atom. The summed E-state index contributed by atoms with van der Waals surface area (Å²) in [6.45, 7) is 0. The van der Waals surface area contributed by atoms with Gasteiger partial charge in [0.25, 0.3) is 0 Å². The van der Waals surface area contributed by atoms with Gasteiger partial charge >= 0.3 is 57.5 Å². The van der Waals surface area contributed by atoms with E-state index in [2.05, 4.69) is 4.89 Å². The number of hydrogen-bond acceptors (Lipinski definition) is 5. The van der Waals surface area contributed by atoms with Gasteiger partial charge in [-0.2, -0.15) is 5.26 Å². The van der Waals surface area contributed by atoms with Crippen LogP contribution < -0.4 is 0 Å². The molecule has 6 nitrogen and oxygen atoms in total. The molecule has 0 atom stereocenters. The van der Waals surface area contributed by atoms with Crippen molar-refractivity contribution in [3.05, 3.63) is 0 Å². The zero-order chi connectivity index (χ0) is 6.28. The molecule has 0 heterocycles. The molecular formula is CH5KO6. The fourth-order valence-corrected chi connectivity index (χ4v) is 0. The molecule has 0 aliphatic rings. The number of hydrogen-bond donors (Lipinski definition) is 4. The van der Waals surface area contributed by atoms with Crippen molar-refractivity contribution in [2.24, 2.45) is 0 Å². The zero-order valence-electron chi connectivity index (χ0n) is 3.11. The van der Waals surface area contributed by atoms with Crippen LogP contribution in [0.2, 0.25) is 0 Å². The van der Waals surface area contributed by atoms with E-state index in [9.17, 15) is 0 Å². The molecule has 0 saturated heterocycles. The summed E-state index contributed by atoms with van der Waals surface area (Å²) < 4.78 is 0. The fourth-order valence-electron chi connectivity index (χ4n) is 0. The van der Waals surface area contributed by atoms with Crippen LogP contribution in [0.25, 0.3) is 0 Å². The third kappa shape index (κ3) is 29.3. The zero-order valence-corrected chi connectivity index (χ0v) is 3.11. The summed E-state index contributed by atoms with van der Waals surface area (Å²) in [5, 5.41) is 26.3. The minimum atomic E-state index is -1.69. The van der Waals surface area contributed by atoms with E-state index >= 15 is 0 Å². The van der Waals surface area contributed by atoms with Crippen LogP contribution in [-0.4, -0.2) is 78.4 Å². The predicted molar refractivity (Wildman–Crippen MR) is 24.1 cm³/mol. The van der Waals surface area contributed by atoms with Crippen LogP contribution in [-0.2, 0) is 4.89 Å². The van der Waals surface area contributed by atoms with Crippen molar-refractivity contribution in [1.29, 1.82) is 0 Å². The van der Waals surface area contributed by atoms with E-state index in [1.807, 2.05) is 0 Å². The molecule has 0 unspecified atom stereocenters. The maximum atomic E-state index is 8.90. The summed E-state index contributed by atoms with van der Waals surface area (Å²) in [6, 6.07) is 0. The SMILES string of the molecule is O=C(O)OO.OO.[KH]. The molecule has 0 aromatic carbocycles. The molecule has 0 bridgehead atoms. The second kappa shape index (κ2) is 15.7. The summed E-state index contributed by atoms with van der Waals surface area (Å²) in [4.78, 5) is 11.6. The Labute approximate surface area is 87.0 Å². The quantitative estimate of drug-likeness (QED) is 0.212. The van der Waals surface area contributed by atoms with Crippen molar-refractivity contribution < 1.29 is 30.6 Å². The van der Waals surface area contributed by atoms with Gasteiger partial charge in [-0.3, -0.25) is 15.4 Å². The van der Waals surface area contributed by atoms with Gasteiger partial charge < -0.3 is 5.11 Å². The van der Waals surface area contributed by atoms with Gasteiger partial charge in [0.2, 0.25) is 0 Å². The first-order valence-corrected chi connectivity index (χ1v) is 1.01. The normalized spacial score (nSPS) is 4.88. The second-order valence-electron chi connectivity index (χ2n) is 0.357. The van der Waals surface area contributed by atoms with Crippen LogP contribution in [0.4, 0.5) is 4.79 Å². The van der Waals surface area contributed by atoms with Crippen LogP contribution in [0.1, 0.15) is 0 Å². The Morgan fingerprint density at radius 3 is 1.50 bits per heavy atom. The van der Waals surface area contributed by atoms with Crippen molar-refractivity contribution in [3.8, 4) is 0 Å². The van der Waals surface area contributed by atoms with E-state index in [4.69, 9.17) is 25.7 Å². The molecule has 0 amide bonds. The van der Waals surface area contributed by atoms with Crippen molar-refractivity contribution in [1.82, 2.24) is 0 Å². The van der Waals surface area contributed by atoms with Crippen molar-refractivity contribution in [2.75, 3.05) is 0 Å². The molecule has 0 aliphatic heterocycles. The molecular weight excluding hydrogens is 147 g/mol. The van der Waals surface area contributed by atoms with Crippen LogP contribution in [0.5, 0.6) is 0 Å².